The molecule has 98 valence electrons. The summed E-state index contributed by atoms with van der Waals surface area (Å²) in [4.78, 5) is 0. The fraction of sp³-hybridized carbons (Fsp3) is 1.00. The van der Waals surface area contributed by atoms with E-state index in [4.69, 9.17) is 8.85 Å². The van der Waals surface area contributed by atoms with Crippen LogP contribution in [0.1, 0.15) is 20.8 Å². The Hall–Kier alpha value is 0.837. The van der Waals surface area contributed by atoms with Crippen molar-refractivity contribution in [2.75, 3.05) is 36.2 Å². The van der Waals surface area contributed by atoms with Gasteiger partial charge in [-0.2, -0.15) is 23.5 Å². The smallest absolute Gasteiger partial charge is 0.335 e. The van der Waals surface area contributed by atoms with Gasteiger partial charge in [-0.25, -0.2) is 0 Å². The van der Waals surface area contributed by atoms with Crippen LogP contribution in [0.4, 0.5) is 0 Å². The maximum atomic E-state index is 5.80. The zero-order valence-electron chi connectivity index (χ0n) is 11.1. The van der Waals surface area contributed by atoms with Gasteiger partial charge in [0.1, 0.15) is 0 Å². The predicted octanol–water partition coefficient (Wildman–Crippen LogP) is 3.62. The molecule has 0 aromatic heterocycles. The lowest BCUT2D eigenvalue weighted by Gasteiger charge is -2.25. The van der Waals surface area contributed by atoms with Crippen molar-refractivity contribution in [3.63, 3.8) is 0 Å². The minimum atomic E-state index is -1.85. The lowest BCUT2D eigenvalue weighted by atomic mass is 10.9. The average Bonchev–Trinajstić information content (AvgIpc) is 2.24. The Kier molecular flexibility index (Phi) is 11.5. The molecule has 2 nitrogen and oxygen atoms in total. The third-order valence-corrected chi connectivity index (χ3v) is 7.64. The molecule has 0 unspecified atom stereocenters. The predicted molar refractivity (Wildman–Crippen MR) is 80.0 cm³/mol. The number of rotatable bonds is 11. The third-order valence-electron chi connectivity index (χ3n) is 2.18. The summed E-state index contributed by atoms with van der Waals surface area (Å²) in [6.07, 6.45) is 0. The number of hydrogen-bond donors (Lipinski definition) is 0. The molecule has 0 saturated heterocycles. The molecule has 0 aliphatic carbocycles. The van der Waals surface area contributed by atoms with E-state index < -0.39 is 8.56 Å². The molecular weight excluding hydrogens is 256 g/mol. The van der Waals surface area contributed by atoms with E-state index in [0.717, 1.165) is 19.3 Å². The van der Waals surface area contributed by atoms with E-state index in [2.05, 4.69) is 27.3 Å². The maximum Gasteiger partial charge on any atom is 0.335 e. The van der Waals surface area contributed by atoms with Gasteiger partial charge in [-0.15, -0.1) is 0 Å². The van der Waals surface area contributed by atoms with Gasteiger partial charge in [-0.05, 0) is 37.9 Å². The topological polar surface area (TPSA) is 18.5 Å². The summed E-state index contributed by atoms with van der Waals surface area (Å²) in [5.74, 6) is 4.92. The second kappa shape index (κ2) is 11.0. The minimum absolute atomic E-state index is 0.777. The summed E-state index contributed by atoms with van der Waals surface area (Å²) >= 11 is 4.04. The van der Waals surface area contributed by atoms with Crippen molar-refractivity contribution in [3.8, 4) is 0 Å². The molecule has 0 fully saturated rings. The Morgan fingerprint density at radius 1 is 0.875 bits per heavy atom. The van der Waals surface area contributed by atoms with E-state index in [-0.39, 0.29) is 0 Å². The summed E-state index contributed by atoms with van der Waals surface area (Å²) in [7, 11) is -1.85. The van der Waals surface area contributed by atoms with Crippen LogP contribution in [0.2, 0.25) is 12.6 Å². The monoisotopic (exact) mass is 282 g/mol. The first-order valence-electron chi connectivity index (χ1n) is 6.12. The molecule has 0 saturated carbocycles. The van der Waals surface area contributed by atoms with Crippen LogP contribution >= 0.6 is 23.5 Å². The Morgan fingerprint density at radius 2 is 1.44 bits per heavy atom. The van der Waals surface area contributed by atoms with E-state index in [1.54, 1.807) is 0 Å². The first kappa shape index (κ1) is 16.8. The molecule has 0 rings (SSSR count). The van der Waals surface area contributed by atoms with Gasteiger partial charge in [0.25, 0.3) is 0 Å². The highest BCUT2D eigenvalue weighted by Crippen LogP contribution is 2.18. The van der Waals surface area contributed by atoms with Gasteiger partial charge in [0.2, 0.25) is 0 Å². The lowest BCUT2D eigenvalue weighted by Crippen LogP contribution is -2.39. The van der Waals surface area contributed by atoms with Crippen molar-refractivity contribution in [3.05, 3.63) is 0 Å². The standard InChI is InChI=1S/C11H26O2S2Si/c1-5-12-16(4,13-6-2)11-10-15-9-8-14-7-3/h5-11H2,1-4H3. The van der Waals surface area contributed by atoms with Crippen LogP contribution in [-0.4, -0.2) is 44.8 Å². The molecule has 0 bridgehead atoms. The summed E-state index contributed by atoms with van der Waals surface area (Å²) in [5.41, 5.74) is 0. The second-order valence-corrected chi connectivity index (χ2v) is 9.52. The SMILES string of the molecule is CCO[Si](C)(CCSCCSCC)OCC. The highest BCUT2D eigenvalue weighted by molar-refractivity contribution is 8.02. The average molecular weight is 283 g/mol. The van der Waals surface area contributed by atoms with Crippen LogP contribution in [0.15, 0.2) is 0 Å². The zero-order valence-corrected chi connectivity index (χ0v) is 13.7. The molecule has 0 aliphatic heterocycles. The molecule has 0 amide bonds. The fourth-order valence-corrected chi connectivity index (χ4v) is 6.51. The third kappa shape index (κ3) is 8.93. The van der Waals surface area contributed by atoms with Gasteiger partial charge in [0, 0.05) is 24.7 Å². The van der Waals surface area contributed by atoms with Gasteiger partial charge < -0.3 is 8.85 Å². The fourth-order valence-electron chi connectivity index (χ4n) is 1.42. The number of hydrogen-bond acceptors (Lipinski definition) is 4. The van der Waals surface area contributed by atoms with E-state index >= 15 is 0 Å². The largest absolute Gasteiger partial charge is 0.395 e. The first-order chi connectivity index (χ1) is 7.68. The van der Waals surface area contributed by atoms with Gasteiger partial charge in [-0.1, -0.05) is 6.92 Å². The molecule has 0 aromatic rings. The number of thioether (sulfide) groups is 2. The van der Waals surface area contributed by atoms with Gasteiger partial charge in [0.15, 0.2) is 0 Å². The molecule has 0 radical (unpaired) electrons. The summed E-state index contributed by atoms with van der Waals surface area (Å²) in [6, 6.07) is 1.11. The Labute approximate surface area is 110 Å². The van der Waals surface area contributed by atoms with Crippen molar-refractivity contribution < 1.29 is 8.85 Å². The van der Waals surface area contributed by atoms with Crippen LogP contribution in [-0.2, 0) is 8.85 Å². The van der Waals surface area contributed by atoms with E-state index in [1.165, 1.54) is 23.0 Å². The Morgan fingerprint density at radius 3 is 1.94 bits per heavy atom. The quantitative estimate of drug-likeness (QED) is 0.425. The summed E-state index contributed by atoms with van der Waals surface area (Å²) in [6.45, 7) is 10.0. The molecule has 16 heavy (non-hydrogen) atoms. The van der Waals surface area contributed by atoms with E-state index in [9.17, 15) is 0 Å². The van der Waals surface area contributed by atoms with Crippen LogP contribution in [0.3, 0.4) is 0 Å². The molecule has 0 aromatic carbocycles. The second-order valence-electron chi connectivity index (χ2n) is 3.56. The molecule has 0 aliphatic rings. The Bertz CT molecular complexity index is 153. The van der Waals surface area contributed by atoms with Crippen molar-refractivity contribution in [2.24, 2.45) is 0 Å². The Balaban J connectivity index is 3.59. The minimum Gasteiger partial charge on any atom is -0.395 e. The molecule has 0 atom stereocenters. The molecular formula is C11H26O2S2Si. The van der Waals surface area contributed by atoms with Crippen molar-refractivity contribution in [2.45, 2.75) is 33.4 Å². The summed E-state index contributed by atoms with van der Waals surface area (Å²) < 4.78 is 11.6. The molecule has 0 heterocycles. The van der Waals surface area contributed by atoms with Crippen LogP contribution in [0.25, 0.3) is 0 Å². The van der Waals surface area contributed by atoms with Crippen LogP contribution in [0.5, 0.6) is 0 Å². The molecule has 0 spiro atoms. The normalized spacial score (nSPS) is 12.0. The van der Waals surface area contributed by atoms with Gasteiger partial charge in [-0.3, -0.25) is 0 Å². The molecule has 5 heteroatoms. The van der Waals surface area contributed by atoms with Crippen LogP contribution < -0.4 is 0 Å². The van der Waals surface area contributed by atoms with Crippen molar-refractivity contribution in [1.82, 2.24) is 0 Å². The van der Waals surface area contributed by atoms with Crippen LogP contribution in [0, 0.1) is 0 Å². The lowest BCUT2D eigenvalue weighted by molar-refractivity contribution is 0.190. The zero-order chi connectivity index (χ0) is 12.3. The van der Waals surface area contributed by atoms with Crippen molar-refractivity contribution >= 4 is 32.1 Å². The first-order valence-corrected chi connectivity index (χ1v) is 10.9. The highest BCUT2D eigenvalue weighted by atomic mass is 32.2. The molecule has 0 N–H and O–H groups in total. The summed E-state index contributed by atoms with van der Waals surface area (Å²) in [5, 5.41) is 0. The van der Waals surface area contributed by atoms with E-state index in [0.29, 0.717) is 0 Å². The van der Waals surface area contributed by atoms with Gasteiger partial charge >= 0.3 is 8.56 Å². The van der Waals surface area contributed by atoms with Crippen molar-refractivity contribution in [1.29, 1.82) is 0 Å². The maximum absolute atomic E-state index is 5.80. The van der Waals surface area contributed by atoms with Gasteiger partial charge in [0.05, 0.1) is 0 Å². The highest BCUT2D eigenvalue weighted by Gasteiger charge is 2.29. The van der Waals surface area contributed by atoms with E-state index in [1.807, 2.05) is 23.5 Å².